The van der Waals surface area contributed by atoms with Gasteiger partial charge in [-0.1, -0.05) is 60.7 Å². The van der Waals surface area contributed by atoms with Gasteiger partial charge in [0.15, 0.2) is 0 Å². The van der Waals surface area contributed by atoms with Gasteiger partial charge < -0.3 is 14.0 Å². The Morgan fingerprint density at radius 3 is 2.09 bits per heavy atom. The zero-order chi connectivity index (χ0) is 23.4. The first-order valence-electron chi connectivity index (χ1n) is 11.1. The summed E-state index contributed by atoms with van der Waals surface area (Å²) in [6.45, 7) is 3.95. The fourth-order valence-corrected chi connectivity index (χ4v) is 4.21. The first kappa shape index (κ1) is 22.3. The van der Waals surface area contributed by atoms with Gasteiger partial charge >= 0.3 is 11.9 Å². The summed E-state index contributed by atoms with van der Waals surface area (Å²) in [5.74, 6) is -0.420. The normalized spacial score (nSPS) is 11.0. The van der Waals surface area contributed by atoms with E-state index in [4.69, 9.17) is 9.47 Å². The van der Waals surface area contributed by atoms with Crippen LogP contribution in [0.1, 0.15) is 46.4 Å². The third kappa shape index (κ3) is 4.67. The third-order valence-electron chi connectivity index (χ3n) is 5.95. The topological polar surface area (TPSA) is 57.5 Å². The summed E-state index contributed by atoms with van der Waals surface area (Å²) < 4.78 is 12.9. The molecule has 0 unspecified atom stereocenters. The highest BCUT2D eigenvalue weighted by atomic mass is 16.5. The fourth-order valence-electron chi connectivity index (χ4n) is 4.21. The molecular weight excluding hydrogens is 414 g/mol. The van der Waals surface area contributed by atoms with E-state index >= 15 is 0 Å². The van der Waals surface area contributed by atoms with Crippen LogP contribution in [0, 0.1) is 6.92 Å². The molecule has 5 nitrogen and oxygen atoms in total. The van der Waals surface area contributed by atoms with Crippen molar-refractivity contribution in [1.29, 1.82) is 0 Å². The molecule has 4 rings (SSSR count). The molecule has 4 aromatic rings. The maximum Gasteiger partial charge on any atom is 0.340 e. The molecule has 0 aliphatic carbocycles. The Kier molecular flexibility index (Phi) is 6.59. The van der Waals surface area contributed by atoms with Gasteiger partial charge in [-0.2, -0.15) is 0 Å². The number of ether oxygens (including phenoxy) is 2. The van der Waals surface area contributed by atoms with Gasteiger partial charge in [-0.15, -0.1) is 0 Å². The van der Waals surface area contributed by atoms with Gasteiger partial charge in [0.1, 0.15) is 5.75 Å². The van der Waals surface area contributed by atoms with Crippen LogP contribution in [0.4, 0.5) is 0 Å². The van der Waals surface area contributed by atoms with Crippen molar-refractivity contribution in [2.75, 3.05) is 6.61 Å². The van der Waals surface area contributed by atoms with Gasteiger partial charge in [0.05, 0.1) is 18.6 Å². The molecule has 0 fully saturated rings. The van der Waals surface area contributed by atoms with Crippen LogP contribution in [-0.2, 0) is 16.6 Å². The number of hydrogen-bond acceptors (Lipinski definition) is 4. The minimum absolute atomic E-state index is 0.113. The molecule has 33 heavy (non-hydrogen) atoms. The maximum absolute atomic E-state index is 13.0. The summed E-state index contributed by atoms with van der Waals surface area (Å²) >= 11 is 0. The molecule has 3 aromatic carbocycles. The van der Waals surface area contributed by atoms with Gasteiger partial charge in [0.25, 0.3) is 0 Å². The summed E-state index contributed by atoms with van der Waals surface area (Å²) in [6, 6.07) is 25.3. The van der Waals surface area contributed by atoms with Gasteiger partial charge in [0.2, 0.25) is 0 Å². The smallest absolute Gasteiger partial charge is 0.340 e. The SMILES string of the molecule is CCOC(=O)c1c(C)n(C)c2ccc(OC(=O)CC(c3ccccc3)c3ccccc3)cc12. The number of esters is 2. The third-order valence-corrected chi connectivity index (χ3v) is 5.95. The number of hydrogen-bond donors (Lipinski definition) is 0. The lowest BCUT2D eigenvalue weighted by atomic mass is 9.88. The zero-order valence-corrected chi connectivity index (χ0v) is 19.1. The Labute approximate surface area is 193 Å². The van der Waals surface area contributed by atoms with Crippen molar-refractivity contribution in [2.24, 2.45) is 7.05 Å². The standard InChI is InChI=1S/C28H27NO4/c1-4-32-28(31)27-19(2)29(3)25-16-15-22(17-24(25)27)33-26(30)18-23(20-11-7-5-8-12-20)21-13-9-6-10-14-21/h5-17,23H,4,18H2,1-3H3. The average Bonchev–Trinajstić information content (AvgIpc) is 3.08. The Bertz CT molecular complexity index is 1240. The first-order chi connectivity index (χ1) is 16.0. The Hall–Kier alpha value is -3.86. The summed E-state index contributed by atoms with van der Waals surface area (Å²) in [4.78, 5) is 25.5. The van der Waals surface area contributed by atoms with E-state index in [1.165, 1.54) is 0 Å². The molecule has 0 saturated carbocycles. The second kappa shape index (κ2) is 9.74. The van der Waals surface area contributed by atoms with Crippen LogP contribution in [0.5, 0.6) is 5.75 Å². The van der Waals surface area contributed by atoms with Crippen LogP contribution in [0.3, 0.4) is 0 Å². The molecule has 0 atom stereocenters. The van der Waals surface area contributed by atoms with Crippen LogP contribution < -0.4 is 4.74 Å². The van der Waals surface area contributed by atoms with Gasteiger partial charge in [-0.05, 0) is 43.2 Å². The second-order valence-electron chi connectivity index (χ2n) is 7.97. The van der Waals surface area contributed by atoms with Crippen molar-refractivity contribution in [3.8, 4) is 5.75 Å². The van der Waals surface area contributed by atoms with Crippen LogP contribution in [-0.4, -0.2) is 23.1 Å². The number of benzene rings is 3. The Balaban J connectivity index is 1.61. The molecule has 168 valence electrons. The lowest BCUT2D eigenvalue weighted by Gasteiger charge is -2.17. The van der Waals surface area contributed by atoms with Crippen LogP contribution in [0.15, 0.2) is 78.9 Å². The van der Waals surface area contributed by atoms with Crippen LogP contribution in [0.2, 0.25) is 0 Å². The van der Waals surface area contributed by atoms with Gasteiger partial charge in [0, 0.05) is 29.6 Å². The van der Waals surface area contributed by atoms with E-state index < -0.39 is 0 Å². The largest absolute Gasteiger partial charge is 0.462 e. The van der Waals surface area contributed by atoms with Gasteiger partial charge in [-0.3, -0.25) is 4.79 Å². The number of carbonyl (C=O) groups excluding carboxylic acids is 2. The molecule has 0 N–H and O–H groups in total. The number of aryl methyl sites for hydroxylation is 1. The monoisotopic (exact) mass is 441 g/mol. The zero-order valence-electron chi connectivity index (χ0n) is 19.1. The summed E-state index contributed by atoms with van der Waals surface area (Å²) in [5, 5.41) is 0.710. The predicted octanol–water partition coefficient (Wildman–Crippen LogP) is 5.79. The molecule has 0 aliphatic heterocycles. The summed E-state index contributed by atoms with van der Waals surface area (Å²) in [6.07, 6.45) is 0.199. The van der Waals surface area contributed by atoms with Crippen molar-refractivity contribution in [1.82, 2.24) is 4.57 Å². The van der Waals surface area contributed by atoms with E-state index in [0.29, 0.717) is 23.3 Å². The quantitative estimate of drug-likeness (QED) is 0.269. The number of aromatic nitrogens is 1. The fraction of sp³-hybridized carbons (Fsp3) is 0.214. The highest BCUT2D eigenvalue weighted by Gasteiger charge is 2.22. The van der Waals surface area contributed by atoms with Gasteiger partial charge in [-0.25, -0.2) is 4.79 Å². The van der Waals surface area contributed by atoms with E-state index in [9.17, 15) is 9.59 Å². The number of carbonyl (C=O) groups is 2. The lowest BCUT2D eigenvalue weighted by molar-refractivity contribution is -0.134. The van der Waals surface area contributed by atoms with Crippen LogP contribution >= 0.6 is 0 Å². The number of fused-ring (bicyclic) bond motifs is 1. The molecule has 0 radical (unpaired) electrons. The predicted molar refractivity (Wildman–Crippen MR) is 129 cm³/mol. The molecule has 0 spiro atoms. The first-order valence-corrected chi connectivity index (χ1v) is 11.1. The molecular formula is C28H27NO4. The van der Waals surface area contributed by atoms with Crippen molar-refractivity contribution in [3.05, 3.63) is 101 Å². The van der Waals surface area contributed by atoms with E-state index in [0.717, 1.165) is 22.3 Å². The molecule has 0 amide bonds. The minimum Gasteiger partial charge on any atom is -0.462 e. The minimum atomic E-state index is -0.378. The summed E-state index contributed by atoms with van der Waals surface area (Å²) in [7, 11) is 1.90. The van der Waals surface area contributed by atoms with E-state index in [-0.39, 0.29) is 24.3 Å². The van der Waals surface area contributed by atoms with Crippen molar-refractivity contribution >= 4 is 22.8 Å². The van der Waals surface area contributed by atoms with E-state index in [2.05, 4.69) is 0 Å². The van der Waals surface area contributed by atoms with E-state index in [1.54, 1.807) is 19.1 Å². The maximum atomic E-state index is 13.0. The van der Waals surface area contributed by atoms with Crippen molar-refractivity contribution in [2.45, 2.75) is 26.2 Å². The molecule has 0 bridgehead atoms. The average molecular weight is 442 g/mol. The summed E-state index contributed by atoms with van der Waals surface area (Å²) in [5.41, 5.74) is 4.29. The Morgan fingerprint density at radius 1 is 0.909 bits per heavy atom. The number of rotatable bonds is 7. The highest BCUT2D eigenvalue weighted by molar-refractivity contribution is 6.06. The highest BCUT2D eigenvalue weighted by Crippen LogP contribution is 2.31. The van der Waals surface area contributed by atoms with Crippen molar-refractivity contribution in [3.63, 3.8) is 0 Å². The molecule has 1 aromatic heterocycles. The molecule has 5 heteroatoms. The van der Waals surface area contributed by atoms with E-state index in [1.807, 2.05) is 85.3 Å². The van der Waals surface area contributed by atoms with Crippen LogP contribution in [0.25, 0.3) is 10.9 Å². The molecule has 1 heterocycles. The molecule has 0 saturated heterocycles. The Morgan fingerprint density at radius 2 is 1.52 bits per heavy atom. The lowest BCUT2D eigenvalue weighted by Crippen LogP contribution is -2.14. The second-order valence-corrected chi connectivity index (χ2v) is 7.97. The van der Waals surface area contributed by atoms with Crippen molar-refractivity contribution < 1.29 is 19.1 Å². The number of nitrogens with zero attached hydrogens (tertiary/aromatic N) is 1. The molecule has 0 aliphatic rings.